The zero-order valence-electron chi connectivity index (χ0n) is 20.0. The Balaban J connectivity index is 1.18. The molecule has 188 valence electrons. The summed E-state index contributed by atoms with van der Waals surface area (Å²) in [6, 6.07) is 17.6. The van der Waals surface area contributed by atoms with Crippen LogP contribution in [0.1, 0.15) is 28.3 Å². The number of rotatable bonds is 4. The van der Waals surface area contributed by atoms with E-state index in [0.29, 0.717) is 5.69 Å². The number of hydrogen-bond donors (Lipinski definition) is 2. The molecule has 2 aromatic carbocycles. The number of aromatic amines is 1. The normalized spacial score (nSPS) is 31.3. The summed E-state index contributed by atoms with van der Waals surface area (Å²) >= 11 is 2.93. The summed E-state index contributed by atoms with van der Waals surface area (Å²) in [7, 11) is 0. The largest absolute Gasteiger partial charge is 0.325 e. The molecule has 1 saturated heterocycles. The van der Waals surface area contributed by atoms with E-state index in [0.717, 1.165) is 27.5 Å². The van der Waals surface area contributed by atoms with Gasteiger partial charge in [-0.05, 0) is 48.8 Å². The van der Waals surface area contributed by atoms with E-state index in [1.165, 1.54) is 16.2 Å². The van der Waals surface area contributed by atoms with Crippen LogP contribution in [0.25, 0.3) is 0 Å². The number of H-pyrrole nitrogens is 1. The molecule has 3 heterocycles. The molecule has 0 unspecified atom stereocenters. The number of aryl methyl sites for hydroxylation is 1. The van der Waals surface area contributed by atoms with Crippen LogP contribution in [0.15, 0.2) is 64.4 Å². The van der Waals surface area contributed by atoms with Gasteiger partial charge in [-0.3, -0.25) is 24.1 Å². The van der Waals surface area contributed by atoms with Crippen molar-refractivity contribution >= 4 is 46.5 Å². The van der Waals surface area contributed by atoms with E-state index in [2.05, 4.69) is 22.4 Å². The maximum absolute atomic E-state index is 13.7. The molecule has 7 nitrogen and oxygen atoms in total. The molecule has 2 aliphatic heterocycles. The standard InChI is InChI=1S/C28H25N3O4S2/c1-13-7-9-15(10-8-13)29-18(32)12-31-26(33)21-16-11-17(22(21)27(31)34)23-20(16)19(14-5-3-2-4-6-14)24-25(36-23)30-28(35)37-24/h2-10,16-17,19-23H,11-12H2,1H3,(H,29,32)(H,30,35)/t16-,17+,19+,20+,21-,22+,23-/m1/s1. The molecule has 7 rings (SSSR count). The molecule has 0 spiro atoms. The Morgan fingerprint density at radius 3 is 2.43 bits per heavy atom. The van der Waals surface area contributed by atoms with Crippen LogP contribution in [0.2, 0.25) is 0 Å². The minimum Gasteiger partial charge on any atom is -0.325 e. The van der Waals surface area contributed by atoms with E-state index in [1.807, 2.05) is 49.4 Å². The summed E-state index contributed by atoms with van der Waals surface area (Å²) in [6.45, 7) is 1.71. The number of anilines is 1. The van der Waals surface area contributed by atoms with E-state index in [1.54, 1.807) is 11.8 Å². The number of carbonyl (C=O) groups is 3. The van der Waals surface area contributed by atoms with Gasteiger partial charge in [-0.15, -0.1) is 11.8 Å². The third-order valence-corrected chi connectivity index (χ3v) is 11.2. The second-order valence-electron chi connectivity index (χ2n) is 10.5. The number of amides is 3. The third kappa shape index (κ3) is 3.47. The zero-order chi connectivity index (χ0) is 25.4. The molecule has 3 aromatic rings. The van der Waals surface area contributed by atoms with Crippen molar-refractivity contribution in [2.45, 2.75) is 29.5 Å². The van der Waals surface area contributed by atoms with Crippen molar-refractivity contribution in [2.24, 2.45) is 29.6 Å². The fraction of sp³-hybridized carbons (Fsp3) is 0.357. The average Bonchev–Trinajstić information content (AvgIpc) is 3.62. The van der Waals surface area contributed by atoms with Crippen LogP contribution in [0.5, 0.6) is 0 Å². The number of thiazole rings is 1. The third-order valence-electron chi connectivity index (χ3n) is 8.61. The summed E-state index contributed by atoms with van der Waals surface area (Å²) in [6.07, 6.45) is 0.834. The van der Waals surface area contributed by atoms with Crippen LogP contribution in [0.4, 0.5) is 5.69 Å². The second-order valence-corrected chi connectivity index (χ2v) is 12.8. The lowest BCUT2D eigenvalue weighted by Crippen LogP contribution is -2.42. The van der Waals surface area contributed by atoms with Crippen LogP contribution in [-0.4, -0.2) is 39.4 Å². The Morgan fingerprint density at radius 1 is 1.00 bits per heavy atom. The van der Waals surface area contributed by atoms with Gasteiger partial charge in [-0.25, -0.2) is 0 Å². The molecule has 3 amide bonds. The van der Waals surface area contributed by atoms with Crippen LogP contribution in [0.3, 0.4) is 0 Å². The van der Waals surface area contributed by atoms with Crippen molar-refractivity contribution in [3.05, 3.63) is 80.3 Å². The SMILES string of the molecule is Cc1ccc(NC(=O)CN2C(=O)[C@@H]3[C@@H]4C[C@H]([C@H]5Sc6[nH]c(=O)sc6[C@@H](c6ccccc6)[C@H]45)[C@@H]3C2=O)cc1. The van der Waals surface area contributed by atoms with Gasteiger partial charge in [0.2, 0.25) is 17.7 Å². The highest BCUT2D eigenvalue weighted by Crippen LogP contribution is 2.68. The first-order chi connectivity index (χ1) is 17.9. The Bertz CT molecular complexity index is 1480. The predicted molar refractivity (Wildman–Crippen MR) is 141 cm³/mol. The van der Waals surface area contributed by atoms with Gasteiger partial charge in [0.25, 0.3) is 0 Å². The number of benzene rings is 2. The average molecular weight is 532 g/mol. The molecule has 2 saturated carbocycles. The highest BCUT2D eigenvalue weighted by molar-refractivity contribution is 8.00. The molecular weight excluding hydrogens is 506 g/mol. The number of aromatic nitrogens is 1. The summed E-state index contributed by atoms with van der Waals surface area (Å²) < 4.78 is 0. The molecule has 3 fully saturated rings. The quantitative estimate of drug-likeness (QED) is 0.498. The first kappa shape index (κ1) is 23.0. The Morgan fingerprint density at radius 2 is 1.70 bits per heavy atom. The lowest BCUT2D eigenvalue weighted by Gasteiger charge is -2.43. The number of likely N-dealkylation sites (tertiary alicyclic amines) is 1. The summed E-state index contributed by atoms with van der Waals surface area (Å²) in [5, 5.41) is 3.86. The molecule has 4 aliphatic rings. The summed E-state index contributed by atoms with van der Waals surface area (Å²) in [4.78, 5) is 57.5. The van der Waals surface area contributed by atoms with Crippen LogP contribution >= 0.6 is 23.1 Å². The maximum Gasteiger partial charge on any atom is 0.305 e. The predicted octanol–water partition coefficient (Wildman–Crippen LogP) is 3.86. The fourth-order valence-corrected chi connectivity index (χ4v) is 10.1. The van der Waals surface area contributed by atoms with Crippen molar-refractivity contribution in [3.63, 3.8) is 0 Å². The van der Waals surface area contributed by atoms with E-state index in [9.17, 15) is 19.2 Å². The molecular formula is C28H25N3O4S2. The second kappa shape index (κ2) is 8.43. The molecule has 2 N–H and O–H groups in total. The number of carbonyl (C=O) groups excluding carboxylic acids is 3. The number of nitrogens with one attached hydrogen (secondary N) is 2. The number of imide groups is 1. The van der Waals surface area contributed by atoms with Gasteiger partial charge in [0, 0.05) is 21.7 Å². The van der Waals surface area contributed by atoms with Crippen molar-refractivity contribution < 1.29 is 14.4 Å². The molecule has 37 heavy (non-hydrogen) atoms. The van der Waals surface area contributed by atoms with Crippen molar-refractivity contribution in [1.82, 2.24) is 9.88 Å². The van der Waals surface area contributed by atoms with Crippen molar-refractivity contribution in [2.75, 3.05) is 11.9 Å². The molecule has 2 aliphatic carbocycles. The van der Waals surface area contributed by atoms with E-state index in [-0.39, 0.29) is 64.0 Å². The van der Waals surface area contributed by atoms with Gasteiger partial charge in [0.1, 0.15) is 6.54 Å². The highest BCUT2D eigenvalue weighted by Gasteiger charge is 2.69. The minimum atomic E-state index is -0.394. The van der Waals surface area contributed by atoms with Gasteiger partial charge in [0.15, 0.2) is 0 Å². The minimum absolute atomic E-state index is 0.0177. The maximum atomic E-state index is 13.7. The van der Waals surface area contributed by atoms with E-state index in [4.69, 9.17) is 0 Å². The van der Waals surface area contributed by atoms with Gasteiger partial charge in [-0.1, -0.05) is 59.4 Å². The number of hydrogen-bond acceptors (Lipinski definition) is 6. The molecule has 7 atom stereocenters. The first-order valence-corrected chi connectivity index (χ1v) is 14.3. The topological polar surface area (TPSA) is 99.3 Å². The lowest BCUT2D eigenvalue weighted by atomic mass is 9.68. The van der Waals surface area contributed by atoms with Gasteiger partial charge < -0.3 is 10.3 Å². The lowest BCUT2D eigenvalue weighted by molar-refractivity contribution is -0.143. The first-order valence-electron chi connectivity index (χ1n) is 12.6. The number of nitrogens with zero attached hydrogens (tertiary/aromatic N) is 1. The van der Waals surface area contributed by atoms with Crippen molar-refractivity contribution in [1.29, 1.82) is 0 Å². The number of fused-ring (bicyclic) bond motifs is 9. The smallest absolute Gasteiger partial charge is 0.305 e. The van der Waals surface area contributed by atoms with Crippen LogP contribution in [0, 0.1) is 36.5 Å². The van der Waals surface area contributed by atoms with Gasteiger partial charge in [0.05, 0.1) is 16.9 Å². The molecule has 1 aromatic heterocycles. The number of thioether (sulfide) groups is 1. The molecule has 0 radical (unpaired) electrons. The van der Waals surface area contributed by atoms with Gasteiger partial charge in [-0.2, -0.15) is 0 Å². The monoisotopic (exact) mass is 531 g/mol. The summed E-state index contributed by atoms with van der Waals surface area (Å²) in [5.41, 5.74) is 2.87. The highest BCUT2D eigenvalue weighted by atomic mass is 32.2. The van der Waals surface area contributed by atoms with Crippen LogP contribution in [-0.2, 0) is 14.4 Å². The Labute approximate surface area is 221 Å². The van der Waals surface area contributed by atoms with E-state index >= 15 is 0 Å². The van der Waals surface area contributed by atoms with Crippen molar-refractivity contribution in [3.8, 4) is 0 Å². The van der Waals surface area contributed by atoms with E-state index < -0.39 is 5.92 Å². The Kier molecular flexibility index (Phi) is 5.23. The molecule has 2 bridgehead atoms. The van der Waals surface area contributed by atoms with Crippen LogP contribution < -0.4 is 10.2 Å². The Hall–Kier alpha value is -3.17. The fourth-order valence-electron chi connectivity index (χ4n) is 7.25. The van der Waals surface area contributed by atoms with Gasteiger partial charge >= 0.3 is 4.87 Å². The zero-order valence-corrected chi connectivity index (χ0v) is 21.7. The summed E-state index contributed by atoms with van der Waals surface area (Å²) in [5.74, 6) is -1.31. The molecule has 9 heteroatoms.